The zero-order valence-corrected chi connectivity index (χ0v) is 12.6. The standard InChI is InChI=1S/C14H16BrN3O/c1-3-6-12-17-13(16)9(2)14(18-12)19-11-8-5-4-7-10(11)15/h4-5,7-8H,3,6H2,1-2H3,(H2,16,17,18). The number of nitrogen functional groups attached to an aromatic ring is 1. The summed E-state index contributed by atoms with van der Waals surface area (Å²) in [4.78, 5) is 8.69. The quantitative estimate of drug-likeness (QED) is 0.928. The highest BCUT2D eigenvalue weighted by atomic mass is 79.9. The van der Waals surface area contributed by atoms with Gasteiger partial charge in [0.05, 0.1) is 10.0 Å². The molecular formula is C14H16BrN3O. The lowest BCUT2D eigenvalue weighted by Gasteiger charge is -2.11. The van der Waals surface area contributed by atoms with Gasteiger partial charge in [0.25, 0.3) is 0 Å². The third kappa shape index (κ3) is 3.23. The highest BCUT2D eigenvalue weighted by Crippen LogP contribution is 2.31. The second-order valence-corrected chi connectivity index (χ2v) is 5.09. The number of ether oxygens (including phenoxy) is 1. The molecule has 0 bridgehead atoms. The number of aromatic nitrogens is 2. The maximum atomic E-state index is 5.90. The first-order valence-electron chi connectivity index (χ1n) is 6.17. The third-order valence-corrected chi connectivity index (χ3v) is 3.36. The molecule has 2 aromatic rings. The van der Waals surface area contributed by atoms with Crippen LogP contribution in [0.2, 0.25) is 0 Å². The van der Waals surface area contributed by atoms with Gasteiger partial charge in [-0.3, -0.25) is 0 Å². The molecule has 0 saturated carbocycles. The monoisotopic (exact) mass is 321 g/mol. The van der Waals surface area contributed by atoms with Crippen molar-refractivity contribution in [3.63, 3.8) is 0 Å². The first-order valence-corrected chi connectivity index (χ1v) is 6.96. The van der Waals surface area contributed by atoms with Gasteiger partial charge in [0.15, 0.2) is 0 Å². The molecule has 4 nitrogen and oxygen atoms in total. The highest BCUT2D eigenvalue weighted by molar-refractivity contribution is 9.10. The summed E-state index contributed by atoms with van der Waals surface area (Å²) >= 11 is 3.45. The van der Waals surface area contributed by atoms with E-state index in [9.17, 15) is 0 Å². The van der Waals surface area contributed by atoms with Gasteiger partial charge < -0.3 is 10.5 Å². The summed E-state index contributed by atoms with van der Waals surface area (Å²) < 4.78 is 6.71. The van der Waals surface area contributed by atoms with Gasteiger partial charge in [-0.25, -0.2) is 4.98 Å². The van der Waals surface area contributed by atoms with Crippen molar-refractivity contribution in [1.82, 2.24) is 9.97 Å². The van der Waals surface area contributed by atoms with Crippen LogP contribution in [0, 0.1) is 6.92 Å². The molecule has 0 aliphatic heterocycles. The van der Waals surface area contributed by atoms with E-state index >= 15 is 0 Å². The number of benzene rings is 1. The molecule has 2 N–H and O–H groups in total. The van der Waals surface area contributed by atoms with Crippen molar-refractivity contribution >= 4 is 21.7 Å². The average molecular weight is 322 g/mol. The fraction of sp³-hybridized carbons (Fsp3) is 0.286. The van der Waals surface area contributed by atoms with Crippen LogP contribution in [0.1, 0.15) is 24.7 Å². The average Bonchev–Trinajstić information content (AvgIpc) is 2.38. The third-order valence-electron chi connectivity index (χ3n) is 2.70. The van der Waals surface area contributed by atoms with Crippen molar-refractivity contribution < 1.29 is 4.74 Å². The minimum Gasteiger partial charge on any atom is -0.437 e. The number of rotatable bonds is 4. The molecule has 2 rings (SSSR count). The Kier molecular flexibility index (Phi) is 4.37. The molecule has 0 amide bonds. The number of anilines is 1. The zero-order chi connectivity index (χ0) is 13.8. The molecule has 0 spiro atoms. The molecular weight excluding hydrogens is 306 g/mol. The molecule has 0 saturated heterocycles. The van der Waals surface area contributed by atoms with Crippen molar-refractivity contribution in [2.75, 3.05) is 5.73 Å². The second kappa shape index (κ2) is 6.02. The SMILES string of the molecule is CCCc1nc(N)c(C)c(Oc2ccccc2Br)n1. The summed E-state index contributed by atoms with van der Waals surface area (Å²) in [6.45, 7) is 3.94. The van der Waals surface area contributed by atoms with Crippen LogP contribution >= 0.6 is 15.9 Å². The van der Waals surface area contributed by atoms with Crippen LogP contribution in [0.5, 0.6) is 11.6 Å². The maximum absolute atomic E-state index is 5.90. The first-order chi connectivity index (χ1) is 9.11. The largest absolute Gasteiger partial charge is 0.437 e. The van der Waals surface area contributed by atoms with E-state index in [1.54, 1.807) is 0 Å². The molecule has 1 aromatic carbocycles. The number of aryl methyl sites for hydroxylation is 1. The number of nitrogens with two attached hydrogens (primary N) is 1. The van der Waals surface area contributed by atoms with Crippen LogP contribution in [0.4, 0.5) is 5.82 Å². The number of halogens is 1. The molecule has 0 fully saturated rings. The predicted octanol–water partition coefficient (Wildman–Crippen LogP) is 3.87. The van der Waals surface area contributed by atoms with E-state index in [-0.39, 0.29) is 0 Å². The summed E-state index contributed by atoms with van der Waals surface area (Å²) in [6, 6.07) is 7.64. The summed E-state index contributed by atoms with van der Waals surface area (Å²) in [7, 11) is 0. The minimum atomic E-state index is 0.473. The first kappa shape index (κ1) is 13.8. The van der Waals surface area contributed by atoms with E-state index in [1.165, 1.54) is 0 Å². The van der Waals surface area contributed by atoms with E-state index in [1.807, 2.05) is 31.2 Å². The lowest BCUT2D eigenvalue weighted by Crippen LogP contribution is -2.05. The Morgan fingerprint density at radius 1 is 1.26 bits per heavy atom. The Bertz CT molecular complexity index is 587. The van der Waals surface area contributed by atoms with E-state index in [0.29, 0.717) is 23.3 Å². The normalized spacial score (nSPS) is 10.5. The van der Waals surface area contributed by atoms with Crippen LogP contribution in [0.25, 0.3) is 0 Å². The summed E-state index contributed by atoms with van der Waals surface area (Å²) in [5, 5.41) is 0. The molecule has 0 aliphatic carbocycles. The van der Waals surface area contributed by atoms with Gasteiger partial charge in [0.1, 0.15) is 17.4 Å². The molecule has 0 radical (unpaired) electrons. The van der Waals surface area contributed by atoms with E-state index in [0.717, 1.165) is 22.9 Å². The topological polar surface area (TPSA) is 61.0 Å². The Balaban J connectivity index is 2.36. The van der Waals surface area contributed by atoms with Gasteiger partial charge >= 0.3 is 0 Å². The van der Waals surface area contributed by atoms with E-state index < -0.39 is 0 Å². The molecule has 1 aromatic heterocycles. The Hall–Kier alpha value is -1.62. The molecule has 0 unspecified atom stereocenters. The number of para-hydroxylation sites is 1. The van der Waals surface area contributed by atoms with Crippen molar-refractivity contribution in [3.8, 4) is 11.6 Å². The summed E-state index contributed by atoms with van der Waals surface area (Å²) in [6.07, 6.45) is 1.76. The smallest absolute Gasteiger partial charge is 0.227 e. The van der Waals surface area contributed by atoms with Crippen molar-refractivity contribution in [2.45, 2.75) is 26.7 Å². The maximum Gasteiger partial charge on any atom is 0.227 e. The number of nitrogens with zero attached hydrogens (tertiary/aromatic N) is 2. The van der Waals surface area contributed by atoms with Gasteiger partial charge in [-0.2, -0.15) is 4.98 Å². The van der Waals surface area contributed by atoms with Crippen LogP contribution in [-0.4, -0.2) is 9.97 Å². The van der Waals surface area contributed by atoms with Crippen LogP contribution in [0.15, 0.2) is 28.7 Å². The lowest BCUT2D eigenvalue weighted by molar-refractivity contribution is 0.452. The molecule has 1 heterocycles. The van der Waals surface area contributed by atoms with Gasteiger partial charge in [-0.1, -0.05) is 19.1 Å². The van der Waals surface area contributed by atoms with Gasteiger partial charge in [0, 0.05) is 6.42 Å². The molecule has 5 heteroatoms. The van der Waals surface area contributed by atoms with Crippen LogP contribution < -0.4 is 10.5 Å². The van der Waals surface area contributed by atoms with Gasteiger partial charge in [-0.05, 0) is 41.4 Å². The molecule has 100 valence electrons. The minimum absolute atomic E-state index is 0.473. The molecule has 19 heavy (non-hydrogen) atoms. The van der Waals surface area contributed by atoms with Crippen LogP contribution in [0.3, 0.4) is 0 Å². The predicted molar refractivity (Wildman–Crippen MR) is 79.4 cm³/mol. The highest BCUT2D eigenvalue weighted by Gasteiger charge is 2.11. The fourth-order valence-corrected chi connectivity index (χ4v) is 1.99. The summed E-state index contributed by atoms with van der Waals surface area (Å²) in [5.41, 5.74) is 6.66. The zero-order valence-electron chi connectivity index (χ0n) is 11.0. The van der Waals surface area contributed by atoms with Gasteiger partial charge in [0.2, 0.25) is 5.88 Å². The Morgan fingerprint density at radius 2 is 2.00 bits per heavy atom. The Labute approximate surface area is 121 Å². The molecule has 0 aliphatic rings. The number of hydrogen-bond donors (Lipinski definition) is 1. The van der Waals surface area contributed by atoms with Crippen LogP contribution in [-0.2, 0) is 6.42 Å². The van der Waals surface area contributed by atoms with E-state index in [2.05, 4.69) is 32.8 Å². The summed E-state index contributed by atoms with van der Waals surface area (Å²) in [5.74, 6) is 2.42. The van der Waals surface area contributed by atoms with Gasteiger partial charge in [-0.15, -0.1) is 0 Å². The van der Waals surface area contributed by atoms with Crippen molar-refractivity contribution in [1.29, 1.82) is 0 Å². The second-order valence-electron chi connectivity index (χ2n) is 4.24. The molecule has 0 atom stereocenters. The van der Waals surface area contributed by atoms with Crippen molar-refractivity contribution in [3.05, 3.63) is 40.1 Å². The number of hydrogen-bond acceptors (Lipinski definition) is 4. The fourth-order valence-electron chi connectivity index (χ4n) is 1.62. The Morgan fingerprint density at radius 3 is 2.68 bits per heavy atom. The van der Waals surface area contributed by atoms with E-state index in [4.69, 9.17) is 10.5 Å². The lowest BCUT2D eigenvalue weighted by atomic mass is 10.3. The van der Waals surface area contributed by atoms with Crippen molar-refractivity contribution in [2.24, 2.45) is 0 Å².